The summed E-state index contributed by atoms with van der Waals surface area (Å²) in [6.45, 7) is 2.09. The number of hydrogen-bond acceptors (Lipinski definition) is 5. The zero-order valence-corrected chi connectivity index (χ0v) is 22.2. The minimum Gasteiger partial charge on any atom is -0.493 e. The molecular formula is C26H19BrCl2N2O5. The Morgan fingerprint density at radius 2 is 1.69 bits per heavy atom. The maximum atomic E-state index is 13.2. The van der Waals surface area contributed by atoms with Gasteiger partial charge in [0.1, 0.15) is 12.2 Å². The number of hydrogen-bond donors (Lipinski definition) is 1. The molecule has 0 aliphatic carbocycles. The van der Waals surface area contributed by atoms with E-state index in [0.29, 0.717) is 37.3 Å². The molecule has 0 unspecified atom stereocenters. The van der Waals surface area contributed by atoms with Crippen molar-refractivity contribution in [2.24, 2.45) is 0 Å². The molecular weight excluding hydrogens is 571 g/mol. The number of imide groups is 2. The molecule has 1 saturated heterocycles. The number of rotatable bonds is 6. The molecule has 3 aromatic carbocycles. The molecule has 0 atom stereocenters. The number of barbiturate groups is 1. The highest BCUT2D eigenvalue weighted by Gasteiger charge is 2.37. The Morgan fingerprint density at radius 3 is 2.36 bits per heavy atom. The van der Waals surface area contributed by atoms with Crippen LogP contribution in [0, 0.1) is 6.92 Å². The molecule has 1 N–H and O–H groups in total. The fourth-order valence-electron chi connectivity index (χ4n) is 3.47. The highest BCUT2D eigenvalue weighted by Crippen LogP contribution is 2.36. The van der Waals surface area contributed by atoms with E-state index in [0.717, 1.165) is 16.0 Å². The number of ether oxygens (including phenoxy) is 2. The van der Waals surface area contributed by atoms with Crippen LogP contribution in [0.2, 0.25) is 10.0 Å². The van der Waals surface area contributed by atoms with Crippen molar-refractivity contribution in [2.75, 3.05) is 12.0 Å². The fraction of sp³-hybridized carbons (Fsp3) is 0.115. The largest absolute Gasteiger partial charge is 0.493 e. The van der Waals surface area contributed by atoms with Gasteiger partial charge < -0.3 is 9.47 Å². The average molecular weight is 590 g/mol. The number of halogens is 3. The van der Waals surface area contributed by atoms with Crippen LogP contribution >= 0.6 is 39.1 Å². The van der Waals surface area contributed by atoms with Gasteiger partial charge in [-0.2, -0.15) is 0 Å². The van der Waals surface area contributed by atoms with Crippen LogP contribution in [0.4, 0.5) is 10.5 Å². The average Bonchev–Trinajstić information content (AvgIpc) is 2.84. The van der Waals surface area contributed by atoms with Gasteiger partial charge in [-0.1, -0.05) is 62.9 Å². The summed E-state index contributed by atoms with van der Waals surface area (Å²) in [5.41, 5.74) is 2.39. The van der Waals surface area contributed by atoms with E-state index >= 15 is 0 Å². The van der Waals surface area contributed by atoms with E-state index in [-0.39, 0.29) is 12.2 Å². The molecule has 1 heterocycles. The summed E-state index contributed by atoms with van der Waals surface area (Å²) < 4.78 is 11.9. The number of carbonyl (C=O) groups excluding carboxylic acids is 3. The number of nitrogens with zero attached hydrogens (tertiary/aromatic N) is 1. The normalized spacial score (nSPS) is 14.8. The van der Waals surface area contributed by atoms with Crippen molar-refractivity contribution in [1.29, 1.82) is 0 Å². The third kappa shape index (κ3) is 5.41. The molecule has 3 aromatic rings. The molecule has 1 aliphatic rings. The van der Waals surface area contributed by atoms with Gasteiger partial charge in [0.25, 0.3) is 11.8 Å². The van der Waals surface area contributed by atoms with E-state index in [1.165, 1.54) is 13.2 Å². The van der Waals surface area contributed by atoms with Gasteiger partial charge in [0.05, 0.1) is 22.8 Å². The maximum Gasteiger partial charge on any atom is 0.335 e. The second-order valence-corrected chi connectivity index (χ2v) is 9.52. The zero-order valence-electron chi connectivity index (χ0n) is 19.1. The lowest BCUT2D eigenvalue weighted by atomic mass is 10.1. The lowest BCUT2D eigenvalue weighted by molar-refractivity contribution is -0.122. The van der Waals surface area contributed by atoms with Crippen molar-refractivity contribution in [2.45, 2.75) is 13.5 Å². The monoisotopic (exact) mass is 588 g/mol. The van der Waals surface area contributed by atoms with Crippen molar-refractivity contribution in [3.8, 4) is 11.5 Å². The number of urea groups is 1. The summed E-state index contributed by atoms with van der Waals surface area (Å²) in [7, 11) is 1.47. The molecule has 0 aromatic heterocycles. The van der Waals surface area contributed by atoms with E-state index in [1.54, 1.807) is 54.6 Å². The summed E-state index contributed by atoms with van der Waals surface area (Å²) in [6.07, 6.45) is 1.39. The van der Waals surface area contributed by atoms with Gasteiger partial charge in [0, 0.05) is 4.47 Å². The molecule has 10 heteroatoms. The molecule has 184 valence electrons. The van der Waals surface area contributed by atoms with Gasteiger partial charge in [-0.15, -0.1) is 0 Å². The zero-order chi connectivity index (χ0) is 26.0. The molecule has 4 amide bonds. The van der Waals surface area contributed by atoms with E-state index in [1.807, 2.05) is 6.92 Å². The van der Waals surface area contributed by atoms with Gasteiger partial charge in [0.15, 0.2) is 11.5 Å². The molecule has 0 spiro atoms. The van der Waals surface area contributed by atoms with E-state index in [2.05, 4.69) is 21.2 Å². The predicted molar refractivity (Wildman–Crippen MR) is 142 cm³/mol. The predicted octanol–water partition coefficient (Wildman–Crippen LogP) is 6.32. The lowest BCUT2D eigenvalue weighted by Crippen LogP contribution is -2.54. The summed E-state index contributed by atoms with van der Waals surface area (Å²) in [6, 6.07) is 14.5. The summed E-state index contributed by atoms with van der Waals surface area (Å²) in [4.78, 5) is 39.1. The Hall–Kier alpha value is -3.33. The summed E-state index contributed by atoms with van der Waals surface area (Å²) in [5.74, 6) is -0.730. The van der Waals surface area contributed by atoms with Crippen LogP contribution in [0.25, 0.3) is 6.08 Å². The number of methoxy groups -OCH3 is 1. The first-order chi connectivity index (χ1) is 17.2. The van der Waals surface area contributed by atoms with Crippen LogP contribution in [-0.4, -0.2) is 25.0 Å². The maximum absolute atomic E-state index is 13.2. The van der Waals surface area contributed by atoms with Crippen LogP contribution in [0.1, 0.15) is 16.7 Å². The van der Waals surface area contributed by atoms with Crippen LogP contribution < -0.4 is 19.7 Å². The number of amides is 4. The number of benzene rings is 3. The molecule has 36 heavy (non-hydrogen) atoms. The lowest BCUT2D eigenvalue weighted by Gasteiger charge is -2.26. The number of anilines is 1. The van der Waals surface area contributed by atoms with Gasteiger partial charge in [-0.25, -0.2) is 9.69 Å². The minimum atomic E-state index is -0.811. The Bertz CT molecular complexity index is 1410. The molecule has 0 radical (unpaired) electrons. The standard InChI is InChI=1S/C26H19BrCl2N2O5/c1-14-3-6-17(7-4-14)31-25(33)18(24(32)30-26(31)34)10-16-11-22(35-2)23(12-19(16)27)36-13-15-5-8-20(28)21(29)9-15/h3-12H,13H2,1-2H3,(H,30,32,34)/b18-10+. The second kappa shape index (κ2) is 10.7. The van der Waals surface area contributed by atoms with E-state index < -0.39 is 17.8 Å². The van der Waals surface area contributed by atoms with Gasteiger partial charge >= 0.3 is 6.03 Å². The van der Waals surface area contributed by atoms with Gasteiger partial charge in [-0.3, -0.25) is 14.9 Å². The Balaban J connectivity index is 1.63. The third-order valence-corrected chi connectivity index (χ3v) is 6.78. The minimum absolute atomic E-state index is 0.203. The highest BCUT2D eigenvalue weighted by atomic mass is 79.9. The topological polar surface area (TPSA) is 84.9 Å². The fourth-order valence-corrected chi connectivity index (χ4v) is 4.22. The second-order valence-electron chi connectivity index (χ2n) is 7.86. The number of nitrogens with one attached hydrogen (secondary N) is 1. The number of aryl methyl sites for hydroxylation is 1. The Morgan fingerprint density at radius 1 is 0.972 bits per heavy atom. The molecule has 0 saturated carbocycles. The molecule has 1 fully saturated rings. The highest BCUT2D eigenvalue weighted by molar-refractivity contribution is 9.10. The summed E-state index contributed by atoms with van der Waals surface area (Å²) in [5, 5.41) is 3.08. The van der Waals surface area contributed by atoms with Crippen molar-refractivity contribution >= 4 is 68.7 Å². The van der Waals surface area contributed by atoms with Crippen LogP contribution in [-0.2, 0) is 16.2 Å². The summed E-state index contributed by atoms with van der Waals surface area (Å²) >= 11 is 15.5. The van der Waals surface area contributed by atoms with Crippen molar-refractivity contribution < 1.29 is 23.9 Å². The number of carbonyl (C=O) groups is 3. The van der Waals surface area contributed by atoms with Gasteiger partial charge in [-0.05, 0) is 60.5 Å². The van der Waals surface area contributed by atoms with E-state index in [4.69, 9.17) is 32.7 Å². The third-order valence-electron chi connectivity index (χ3n) is 5.35. The van der Waals surface area contributed by atoms with Gasteiger partial charge in [0.2, 0.25) is 0 Å². The van der Waals surface area contributed by atoms with Crippen LogP contribution in [0.3, 0.4) is 0 Å². The first kappa shape index (κ1) is 25.8. The van der Waals surface area contributed by atoms with Crippen molar-refractivity contribution in [3.05, 3.63) is 91.4 Å². The SMILES string of the molecule is COc1cc(/C=C2\C(=O)NC(=O)N(c3ccc(C)cc3)C2=O)c(Br)cc1OCc1ccc(Cl)c(Cl)c1. The first-order valence-corrected chi connectivity index (χ1v) is 12.1. The molecule has 1 aliphatic heterocycles. The van der Waals surface area contributed by atoms with Crippen molar-refractivity contribution in [1.82, 2.24) is 5.32 Å². The Labute approximate surface area is 225 Å². The van der Waals surface area contributed by atoms with Crippen molar-refractivity contribution in [3.63, 3.8) is 0 Å². The molecule has 7 nitrogen and oxygen atoms in total. The van der Waals surface area contributed by atoms with E-state index in [9.17, 15) is 14.4 Å². The first-order valence-electron chi connectivity index (χ1n) is 10.6. The van der Waals surface area contributed by atoms with Crippen LogP contribution in [0.15, 0.2) is 64.6 Å². The Kier molecular flexibility index (Phi) is 7.68. The van der Waals surface area contributed by atoms with Crippen LogP contribution in [0.5, 0.6) is 11.5 Å². The quantitative estimate of drug-likeness (QED) is 0.269. The molecule has 0 bridgehead atoms. The smallest absolute Gasteiger partial charge is 0.335 e. The molecule has 4 rings (SSSR count).